The van der Waals surface area contributed by atoms with Crippen LogP contribution in [0.15, 0.2) is 0 Å². The highest BCUT2D eigenvalue weighted by Gasteiger charge is 2.13. The van der Waals surface area contributed by atoms with E-state index in [1.54, 1.807) is 0 Å². The summed E-state index contributed by atoms with van der Waals surface area (Å²) in [6.07, 6.45) is 3.47. The topological polar surface area (TPSA) is 29.3 Å². The second kappa shape index (κ2) is 7.24. The molecule has 0 aromatic rings. The fourth-order valence-corrected chi connectivity index (χ4v) is 1.86. The molecule has 0 bridgehead atoms. The van der Waals surface area contributed by atoms with Crippen LogP contribution in [-0.2, 0) is 0 Å². The van der Waals surface area contributed by atoms with Gasteiger partial charge in [0.05, 0.1) is 0 Å². The summed E-state index contributed by atoms with van der Waals surface area (Å²) in [5.41, 5.74) is 6.03. The van der Waals surface area contributed by atoms with Crippen molar-refractivity contribution in [1.29, 1.82) is 0 Å². The molecule has 2 heteroatoms. The van der Waals surface area contributed by atoms with E-state index < -0.39 is 0 Å². The van der Waals surface area contributed by atoms with Gasteiger partial charge in [-0.05, 0) is 32.7 Å². The molecule has 0 amide bonds. The smallest absolute Gasteiger partial charge is 0.00787 e. The van der Waals surface area contributed by atoms with Gasteiger partial charge in [0.1, 0.15) is 0 Å². The minimum Gasteiger partial charge on any atom is -0.328 e. The molecule has 2 nitrogen and oxygen atoms in total. The standard InChI is InChI=1S/C12H28N2/c1-6-7-12(13)8-11(4)14(5)9-10(2)3/h10-12H,6-9,13H2,1-5H3. The molecule has 0 spiro atoms. The summed E-state index contributed by atoms with van der Waals surface area (Å²) in [4.78, 5) is 2.42. The highest BCUT2D eigenvalue weighted by atomic mass is 15.1. The van der Waals surface area contributed by atoms with E-state index in [9.17, 15) is 0 Å². The predicted octanol–water partition coefficient (Wildman–Crippen LogP) is 2.48. The third-order valence-corrected chi connectivity index (χ3v) is 2.71. The van der Waals surface area contributed by atoms with Crippen molar-refractivity contribution in [2.75, 3.05) is 13.6 Å². The van der Waals surface area contributed by atoms with Crippen molar-refractivity contribution in [2.24, 2.45) is 11.7 Å². The maximum absolute atomic E-state index is 6.03. The van der Waals surface area contributed by atoms with Gasteiger partial charge in [-0.25, -0.2) is 0 Å². The van der Waals surface area contributed by atoms with Gasteiger partial charge in [-0.2, -0.15) is 0 Å². The summed E-state index contributed by atoms with van der Waals surface area (Å²) >= 11 is 0. The van der Waals surface area contributed by atoms with Crippen LogP contribution in [0.5, 0.6) is 0 Å². The number of nitrogens with zero attached hydrogens (tertiary/aromatic N) is 1. The molecule has 0 aliphatic heterocycles. The van der Waals surface area contributed by atoms with Gasteiger partial charge in [-0.15, -0.1) is 0 Å². The molecule has 0 aliphatic rings. The van der Waals surface area contributed by atoms with Gasteiger partial charge in [0, 0.05) is 18.6 Å². The van der Waals surface area contributed by atoms with Gasteiger partial charge in [-0.1, -0.05) is 27.2 Å². The van der Waals surface area contributed by atoms with Crippen LogP contribution < -0.4 is 5.73 Å². The Morgan fingerprint density at radius 2 is 1.79 bits per heavy atom. The molecule has 0 radical (unpaired) electrons. The van der Waals surface area contributed by atoms with Crippen LogP contribution in [-0.4, -0.2) is 30.6 Å². The molecule has 0 rings (SSSR count). The lowest BCUT2D eigenvalue weighted by Crippen LogP contribution is -2.37. The van der Waals surface area contributed by atoms with Crippen molar-refractivity contribution in [3.63, 3.8) is 0 Å². The second-order valence-corrected chi connectivity index (χ2v) is 4.97. The molecule has 2 unspecified atom stereocenters. The lowest BCUT2D eigenvalue weighted by Gasteiger charge is -2.28. The second-order valence-electron chi connectivity index (χ2n) is 4.97. The quantitative estimate of drug-likeness (QED) is 0.684. The van der Waals surface area contributed by atoms with Crippen molar-refractivity contribution in [2.45, 2.75) is 59.0 Å². The first-order valence-electron chi connectivity index (χ1n) is 5.93. The lowest BCUT2D eigenvalue weighted by atomic mass is 10.0. The fourth-order valence-electron chi connectivity index (χ4n) is 1.86. The van der Waals surface area contributed by atoms with E-state index in [0.717, 1.165) is 18.8 Å². The third-order valence-electron chi connectivity index (χ3n) is 2.71. The number of hydrogen-bond acceptors (Lipinski definition) is 2. The zero-order valence-corrected chi connectivity index (χ0v) is 10.6. The first kappa shape index (κ1) is 13.9. The van der Waals surface area contributed by atoms with Crippen molar-refractivity contribution in [3.8, 4) is 0 Å². The first-order chi connectivity index (χ1) is 6.47. The van der Waals surface area contributed by atoms with E-state index in [2.05, 4.69) is 39.6 Å². The minimum atomic E-state index is 0.379. The fraction of sp³-hybridized carbons (Fsp3) is 1.00. The number of nitrogens with two attached hydrogens (primary N) is 1. The van der Waals surface area contributed by atoms with Crippen LogP contribution in [0.4, 0.5) is 0 Å². The Morgan fingerprint density at radius 3 is 2.21 bits per heavy atom. The van der Waals surface area contributed by atoms with Crippen molar-refractivity contribution >= 4 is 0 Å². The van der Waals surface area contributed by atoms with Gasteiger partial charge >= 0.3 is 0 Å². The minimum absolute atomic E-state index is 0.379. The molecule has 0 aromatic carbocycles. The molecule has 0 saturated heterocycles. The Hall–Kier alpha value is -0.0800. The van der Waals surface area contributed by atoms with Crippen molar-refractivity contribution in [3.05, 3.63) is 0 Å². The van der Waals surface area contributed by atoms with Gasteiger partial charge in [0.15, 0.2) is 0 Å². The van der Waals surface area contributed by atoms with E-state index in [4.69, 9.17) is 5.73 Å². The molecule has 14 heavy (non-hydrogen) atoms. The summed E-state index contributed by atoms with van der Waals surface area (Å²) < 4.78 is 0. The zero-order chi connectivity index (χ0) is 11.1. The zero-order valence-electron chi connectivity index (χ0n) is 10.6. The summed E-state index contributed by atoms with van der Waals surface area (Å²) in [6, 6.07) is 0.989. The monoisotopic (exact) mass is 200 g/mol. The average Bonchev–Trinajstić information content (AvgIpc) is 2.02. The number of hydrogen-bond donors (Lipinski definition) is 1. The Morgan fingerprint density at radius 1 is 1.21 bits per heavy atom. The highest BCUT2D eigenvalue weighted by molar-refractivity contribution is 4.71. The third kappa shape index (κ3) is 6.39. The van der Waals surface area contributed by atoms with E-state index >= 15 is 0 Å². The molecule has 0 aromatic heterocycles. The Kier molecular flexibility index (Phi) is 7.20. The maximum Gasteiger partial charge on any atom is 0.00787 e. The van der Waals surface area contributed by atoms with Crippen LogP contribution in [0.1, 0.15) is 47.0 Å². The van der Waals surface area contributed by atoms with Crippen LogP contribution in [0.2, 0.25) is 0 Å². The van der Waals surface area contributed by atoms with E-state index in [-0.39, 0.29) is 0 Å². The molecule has 0 fully saturated rings. The summed E-state index contributed by atoms with van der Waals surface area (Å²) in [5.74, 6) is 0.741. The molecule has 2 atom stereocenters. The molecule has 2 N–H and O–H groups in total. The molecular weight excluding hydrogens is 172 g/mol. The van der Waals surface area contributed by atoms with Crippen LogP contribution >= 0.6 is 0 Å². The predicted molar refractivity (Wildman–Crippen MR) is 64.4 cm³/mol. The molecule has 86 valence electrons. The van der Waals surface area contributed by atoms with Gasteiger partial charge in [0.25, 0.3) is 0 Å². The molecule has 0 saturated carbocycles. The molecule has 0 heterocycles. The molecular formula is C12H28N2. The summed E-state index contributed by atoms with van der Waals surface area (Å²) in [6.45, 7) is 10.2. The van der Waals surface area contributed by atoms with Crippen molar-refractivity contribution in [1.82, 2.24) is 4.90 Å². The van der Waals surface area contributed by atoms with Crippen LogP contribution in [0, 0.1) is 5.92 Å². The van der Waals surface area contributed by atoms with Gasteiger partial charge in [-0.3, -0.25) is 0 Å². The molecule has 0 aliphatic carbocycles. The number of rotatable bonds is 7. The Bertz CT molecular complexity index is 134. The Labute approximate surface area is 89.9 Å². The Balaban J connectivity index is 3.76. The van der Waals surface area contributed by atoms with E-state index in [1.807, 2.05) is 0 Å². The van der Waals surface area contributed by atoms with Crippen molar-refractivity contribution < 1.29 is 0 Å². The summed E-state index contributed by atoms with van der Waals surface area (Å²) in [5, 5.41) is 0. The normalized spacial score (nSPS) is 16.3. The lowest BCUT2D eigenvalue weighted by molar-refractivity contribution is 0.210. The maximum atomic E-state index is 6.03. The van der Waals surface area contributed by atoms with E-state index in [0.29, 0.717) is 12.1 Å². The van der Waals surface area contributed by atoms with Gasteiger partial charge in [0.2, 0.25) is 0 Å². The van der Waals surface area contributed by atoms with E-state index in [1.165, 1.54) is 13.0 Å². The largest absolute Gasteiger partial charge is 0.328 e. The van der Waals surface area contributed by atoms with Crippen LogP contribution in [0.25, 0.3) is 0 Å². The summed E-state index contributed by atoms with van der Waals surface area (Å²) in [7, 11) is 2.20. The van der Waals surface area contributed by atoms with Crippen LogP contribution in [0.3, 0.4) is 0 Å². The van der Waals surface area contributed by atoms with Gasteiger partial charge < -0.3 is 10.6 Å². The highest BCUT2D eigenvalue weighted by Crippen LogP contribution is 2.09. The first-order valence-corrected chi connectivity index (χ1v) is 5.93. The SMILES string of the molecule is CCCC(N)CC(C)N(C)CC(C)C. The average molecular weight is 200 g/mol.